The minimum absolute atomic E-state index is 0.0804. The molecule has 0 fully saturated rings. The zero-order valence-electron chi connectivity index (χ0n) is 12.4. The first kappa shape index (κ1) is 13.5. The van der Waals surface area contributed by atoms with Crippen molar-refractivity contribution in [1.29, 1.82) is 0 Å². The quantitative estimate of drug-likeness (QED) is 0.804. The first-order chi connectivity index (χ1) is 11.4. The van der Waals surface area contributed by atoms with Crippen LogP contribution in [0.3, 0.4) is 0 Å². The van der Waals surface area contributed by atoms with Gasteiger partial charge < -0.3 is 14.5 Å². The van der Waals surface area contributed by atoms with Gasteiger partial charge in [-0.05, 0) is 24.4 Å². The van der Waals surface area contributed by atoms with Crippen LogP contribution >= 0.6 is 0 Å². The van der Waals surface area contributed by atoms with E-state index in [2.05, 4.69) is 35.5 Å². The second-order valence-electron chi connectivity index (χ2n) is 5.22. The van der Waals surface area contributed by atoms with Crippen LogP contribution in [0.2, 0.25) is 0 Å². The van der Waals surface area contributed by atoms with E-state index in [4.69, 9.17) is 0 Å². The molecule has 6 heteroatoms. The molecule has 1 aliphatic heterocycles. The summed E-state index contributed by atoms with van der Waals surface area (Å²) in [5.74, 6) is 1.81. The largest absolute Gasteiger partial charge is 0.378 e. The monoisotopic (exact) mass is 304 g/mol. The van der Waals surface area contributed by atoms with Crippen LogP contribution in [0.4, 0.5) is 0 Å². The van der Waals surface area contributed by atoms with Gasteiger partial charge in [-0.1, -0.05) is 18.2 Å². The molecule has 0 amide bonds. The van der Waals surface area contributed by atoms with Gasteiger partial charge in [0.1, 0.15) is 24.2 Å². The number of nitrogens with one attached hydrogen (secondary N) is 1. The Bertz CT molecular complexity index is 843. The lowest BCUT2D eigenvalue weighted by Gasteiger charge is -2.18. The Hall–Kier alpha value is -3.15. The lowest BCUT2D eigenvalue weighted by atomic mass is 10.2. The highest BCUT2D eigenvalue weighted by Gasteiger charge is 2.15. The number of aromatic nitrogens is 5. The van der Waals surface area contributed by atoms with Gasteiger partial charge in [-0.3, -0.25) is 4.98 Å². The van der Waals surface area contributed by atoms with Crippen molar-refractivity contribution in [2.75, 3.05) is 0 Å². The molecule has 4 rings (SSSR count). The van der Waals surface area contributed by atoms with Crippen molar-refractivity contribution in [3.05, 3.63) is 79.4 Å². The van der Waals surface area contributed by atoms with Gasteiger partial charge in [-0.15, -0.1) is 0 Å². The molecule has 1 aliphatic rings. The molecule has 0 radical (unpaired) electrons. The van der Waals surface area contributed by atoms with Crippen LogP contribution in [0.1, 0.15) is 11.9 Å². The summed E-state index contributed by atoms with van der Waals surface area (Å²) in [4.78, 5) is 13.3. The molecule has 0 spiro atoms. The average molecular weight is 304 g/mol. The molecule has 6 nitrogen and oxygen atoms in total. The van der Waals surface area contributed by atoms with E-state index in [-0.39, 0.29) is 6.04 Å². The number of allylic oxidation sites excluding steroid dienone is 2. The fourth-order valence-corrected chi connectivity index (χ4v) is 2.64. The fourth-order valence-electron chi connectivity index (χ4n) is 2.64. The highest BCUT2D eigenvalue weighted by atomic mass is 15.2. The van der Waals surface area contributed by atoms with Crippen molar-refractivity contribution >= 4 is 0 Å². The van der Waals surface area contributed by atoms with Crippen LogP contribution in [-0.2, 0) is 6.67 Å². The predicted molar refractivity (Wildman–Crippen MR) is 87.2 cm³/mol. The van der Waals surface area contributed by atoms with Gasteiger partial charge in [0.05, 0.1) is 0 Å². The summed E-state index contributed by atoms with van der Waals surface area (Å²) >= 11 is 0. The molecule has 1 N–H and O–H groups in total. The number of hydrogen-bond donors (Lipinski definition) is 1. The van der Waals surface area contributed by atoms with E-state index in [0.717, 1.165) is 17.3 Å². The zero-order chi connectivity index (χ0) is 15.5. The molecule has 114 valence electrons. The van der Waals surface area contributed by atoms with Crippen molar-refractivity contribution in [2.24, 2.45) is 0 Å². The van der Waals surface area contributed by atoms with Crippen LogP contribution in [0, 0.1) is 0 Å². The molecule has 4 heterocycles. The van der Waals surface area contributed by atoms with Gasteiger partial charge in [0.15, 0.2) is 5.82 Å². The molecule has 0 saturated carbocycles. The van der Waals surface area contributed by atoms with Gasteiger partial charge in [0.2, 0.25) is 0 Å². The molecule has 0 aromatic carbocycles. The van der Waals surface area contributed by atoms with E-state index in [1.165, 1.54) is 0 Å². The van der Waals surface area contributed by atoms with E-state index in [9.17, 15) is 0 Å². The van der Waals surface area contributed by atoms with Crippen LogP contribution < -0.4 is 5.32 Å². The van der Waals surface area contributed by atoms with Gasteiger partial charge in [-0.25, -0.2) is 9.97 Å². The van der Waals surface area contributed by atoms with Crippen molar-refractivity contribution in [1.82, 2.24) is 29.4 Å². The summed E-state index contributed by atoms with van der Waals surface area (Å²) in [7, 11) is 0. The van der Waals surface area contributed by atoms with Crippen LogP contribution in [0.15, 0.2) is 73.6 Å². The maximum atomic E-state index is 4.49. The summed E-state index contributed by atoms with van der Waals surface area (Å²) < 4.78 is 4.17. The minimum Gasteiger partial charge on any atom is -0.378 e. The Balaban J connectivity index is 1.63. The van der Waals surface area contributed by atoms with E-state index >= 15 is 0 Å². The Morgan fingerprint density at radius 2 is 1.87 bits per heavy atom. The highest BCUT2D eigenvalue weighted by molar-refractivity contribution is 5.49. The molecule has 23 heavy (non-hydrogen) atoms. The maximum absolute atomic E-state index is 4.49. The number of hydrogen-bond acceptors (Lipinski definition) is 4. The number of imidazole rings is 2. The third-order valence-corrected chi connectivity index (χ3v) is 3.73. The van der Waals surface area contributed by atoms with Crippen LogP contribution in [-0.4, -0.2) is 24.1 Å². The molecule has 0 aliphatic carbocycles. The summed E-state index contributed by atoms with van der Waals surface area (Å²) in [5, 5.41) is 3.30. The van der Waals surface area contributed by atoms with Crippen molar-refractivity contribution in [3.63, 3.8) is 0 Å². The van der Waals surface area contributed by atoms with Gasteiger partial charge >= 0.3 is 0 Å². The van der Waals surface area contributed by atoms with E-state index in [1.54, 1.807) is 12.4 Å². The Labute approximate surface area is 133 Å². The number of nitrogens with zero attached hydrogens (tertiary/aromatic N) is 5. The lowest BCUT2D eigenvalue weighted by molar-refractivity contribution is 0.551. The molecular formula is C17H16N6. The van der Waals surface area contributed by atoms with Crippen LogP contribution in [0.5, 0.6) is 0 Å². The number of rotatable bonds is 4. The van der Waals surface area contributed by atoms with Crippen LogP contribution in [0.25, 0.3) is 11.5 Å². The fraction of sp³-hybridized carbons (Fsp3) is 0.118. The zero-order valence-corrected chi connectivity index (χ0v) is 12.4. The number of pyridine rings is 1. The minimum atomic E-state index is 0.0804. The van der Waals surface area contributed by atoms with E-state index in [1.807, 2.05) is 55.1 Å². The molecule has 0 saturated heterocycles. The van der Waals surface area contributed by atoms with Gasteiger partial charge in [0.25, 0.3) is 0 Å². The van der Waals surface area contributed by atoms with Crippen molar-refractivity contribution < 1.29 is 0 Å². The highest BCUT2D eigenvalue weighted by Crippen LogP contribution is 2.18. The predicted octanol–water partition coefficient (Wildman–Crippen LogP) is 2.36. The smallest absolute Gasteiger partial charge is 0.160 e. The summed E-state index contributed by atoms with van der Waals surface area (Å²) in [5.41, 5.74) is 0.859. The molecule has 3 aromatic heterocycles. The second-order valence-corrected chi connectivity index (χ2v) is 5.22. The second kappa shape index (κ2) is 5.92. The molecule has 3 aromatic rings. The summed E-state index contributed by atoms with van der Waals surface area (Å²) in [6.07, 6.45) is 17.3. The lowest BCUT2D eigenvalue weighted by Crippen LogP contribution is -2.21. The molecule has 0 bridgehead atoms. The van der Waals surface area contributed by atoms with E-state index in [0.29, 0.717) is 6.67 Å². The first-order valence-electron chi connectivity index (χ1n) is 7.45. The third-order valence-electron chi connectivity index (χ3n) is 3.73. The summed E-state index contributed by atoms with van der Waals surface area (Å²) in [6, 6.07) is 5.91. The average Bonchev–Trinajstić information content (AvgIpc) is 3.26. The van der Waals surface area contributed by atoms with Crippen molar-refractivity contribution in [3.8, 4) is 11.5 Å². The molecule has 1 unspecified atom stereocenters. The Morgan fingerprint density at radius 1 is 0.957 bits per heavy atom. The Kier molecular flexibility index (Phi) is 3.48. The van der Waals surface area contributed by atoms with Crippen molar-refractivity contribution in [2.45, 2.75) is 12.7 Å². The summed E-state index contributed by atoms with van der Waals surface area (Å²) in [6.45, 7) is 0.636. The third kappa shape index (κ3) is 2.66. The topological polar surface area (TPSA) is 60.6 Å². The van der Waals surface area contributed by atoms with E-state index < -0.39 is 0 Å². The maximum Gasteiger partial charge on any atom is 0.160 e. The Morgan fingerprint density at radius 3 is 2.70 bits per heavy atom. The standard InChI is InChI=1S/C17H16N6/c1-3-7-18-14(5-1)16-20-9-11-22(16)13-23-12-10-21-17(23)15-6-2-4-8-19-15/h1-12,14,18H,13H2. The molecule has 1 atom stereocenters. The first-order valence-corrected chi connectivity index (χ1v) is 7.45. The van der Waals surface area contributed by atoms with Gasteiger partial charge in [0, 0.05) is 31.0 Å². The SMILES string of the molecule is C1=CNC(c2nccn2Cn2ccnc2-c2ccccn2)C=C1. The number of dihydropyridines is 1. The molecular weight excluding hydrogens is 288 g/mol. The normalized spacial score (nSPS) is 16.4. The van der Waals surface area contributed by atoms with Gasteiger partial charge in [-0.2, -0.15) is 0 Å².